The van der Waals surface area contributed by atoms with Crippen molar-refractivity contribution >= 4 is 28.8 Å². The number of aromatic nitrogens is 2. The molecule has 0 bridgehead atoms. The minimum atomic E-state index is 0.210. The lowest BCUT2D eigenvalue weighted by Crippen LogP contribution is -2.08. The number of nitrogen functional groups attached to an aromatic ring is 1. The number of methoxy groups -OCH3 is 1. The van der Waals surface area contributed by atoms with E-state index in [0.717, 1.165) is 17.2 Å². The minimum absolute atomic E-state index is 0.210. The molecule has 1 aromatic heterocycles. The fourth-order valence-electron chi connectivity index (χ4n) is 1.94. The molecule has 0 radical (unpaired) electrons. The van der Waals surface area contributed by atoms with Crippen LogP contribution in [0, 0.1) is 6.92 Å². The quantitative estimate of drug-likeness (QED) is 0.901. The standard InChI is InChI=1S/C14H19ClN4O/c1-8(2)19-14(13(16)9(3)18-19)17-10-5-6-12(20-4)11(15)7-10/h5-8,17H,16H2,1-4H3. The molecule has 0 aliphatic carbocycles. The summed E-state index contributed by atoms with van der Waals surface area (Å²) in [5.74, 6) is 1.41. The lowest BCUT2D eigenvalue weighted by Gasteiger charge is -2.14. The van der Waals surface area contributed by atoms with Gasteiger partial charge in [0.05, 0.1) is 23.5 Å². The number of ether oxygens (including phenoxy) is 1. The Morgan fingerprint density at radius 1 is 1.40 bits per heavy atom. The molecule has 0 aliphatic rings. The van der Waals surface area contributed by atoms with E-state index in [1.807, 2.05) is 23.7 Å². The van der Waals surface area contributed by atoms with E-state index in [1.54, 1.807) is 13.2 Å². The SMILES string of the molecule is COc1ccc(Nc2c(N)c(C)nn2C(C)C)cc1Cl. The highest BCUT2D eigenvalue weighted by Crippen LogP contribution is 2.32. The van der Waals surface area contributed by atoms with E-state index in [0.29, 0.717) is 16.5 Å². The van der Waals surface area contributed by atoms with Gasteiger partial charge in [-0.25, -0.2) is 4.68 Å². The van der Waals surface area contributed by atoms with Crippen LogP contribution in [0.15, 0.2) is 18.2 Å². The zero-order valence-corrected chi connectivity index (χ0v) is 12.8. The van der Waals surface area contributed by atoms with Gasteiger partial charge < -0.3 is 15.8 Å². The van der Waals surface area contributed by atoms with Crippen LogP contribution in [0.4, 0.5) is 17.2 Å². The number of nitrogens with two attached hydrogens (primary N) is 1. The van der Waals surface area contributed by atoms with Crippen LogP contribution in [0.3, 0.4) is 0 Å². The average Bonchev–Trinajstić information content (AvgIpc) is 2.67. The summed E-state index contributed by atoms with van der Waals surface area (Å²) in [5, 5.41) is 8.25. The van der Waals surface area contributed by atoms with E-state index in [2.05, 4.69) is 24.3 Å². The number of anilines is 3. The van der Waals surface area contributed by atoms with Crippen molar-refractivity contribution in [3.63, 3.8) is 0 Å². The Morgan fingerprint density at radius 3 is 2.65 bits per heavy atom. The maximum absolute atomic E-state index is 6.12. The lowest BCUT2D eigenvalue weighted by molar-refractivity contribution is 0.415. The molecule has 108 valence electrons. The third-order valence-corrected chi connectivity index (χ3v) is 3.33. The van der Waals surface area contributed by atoms with Crippen LogP contribution >= 0.6 is 11.6 Å². The molecular formula is C14H19ClN4O. The Labute approximate surface area is 123 Å². The molecule has 0 atom stereocenters. The van der Waals surface area contributed by atoms with Gasteiger partial charge >= 0.3 is 0 Å². The summed E-state index contributed by atoms with van der Waals surface area (Å²) in [5.41, 5.74) is 8.37. The van der Waals surface area contributed by atoms with Gasteiger partial charge in [0, 0.05) is 11.7 Å². The number of benzene rings is 1. The third kappa shape index (κ3) is 2.67. The Hall–Kier alpha value is -1.88. The van der Waals surface area contributed by atoms with E-state index in [4.69, 9.17) is 22.1 Å². The second-order valence-corrected chi connectivity index (χ2v) is 5.27. The van der Waals surface area contributed by atoms with E-state index < -0.39 is 0 Å². The van der Waals surface area contributed by atoms with Gasteiger partial charge in [-0.05, 0) is 39.0 Å². The number of halogens is 1. The predicted molar refractivity (Wildman–Crippen MR) is 83.0 cm³/mol. The molecule has 0 fully saturated rings. The van der Waals surface area contributed by atoms with Crippen molar-refractivity contribution in [1.29, 1.82) is 0 Å². The zero-order chi connectivity index (χ0) is 14.9. The molecule has 1 aromatic carbocycles. The van der Waals surface area contributed by atoms with E-state index in [9.17, 15) is 0 Å². The number of rotatable bonds is 4. The molecule has 20 heavy (non-hydrogen) atoms. The van der Waals surface area contributed by atoms with Crippen LogP contribution in [-0.4, -0.2) is 16.9 Å². The lowest BCUT2D eigenvalue weighted by atomic mass is 10.3. The van der Waals surface area contributed by atoms with Crippen molar-refractivity contribution in [3.05, 3.63) is 28.9 Å². The van der Waals surface area contributed by atoms with Gasteiger partial charge in [0.1, 0.15) is 5.75 Å². The largest absolute Gasteiger partial charge is 0.495 e. The first-order valence-corrected chi connectivity index (χ1v) is 6.77. The molecule has 3 N–H and O–H groups in total. The maximum Gasteiger partial charge on any atom is 0.152 e. The number of nitrogens with zero attached hydrogens (tertiary/aromatic N) is 2. The van der Waals surface area contributed by atoms with E-state index in [1.165, 1.54) is 0 Å². The first kappa shape index (κ1) is 14.5. The predicted octanol–water partition coefficient (Wildman–Crippen LogP) is 3.76. The monoisotopic (exact) mass is 294 g/mol. The fraction of sp³-hybridized carbons (Fsp3) is 0.357. The minimum Gasteiger partial charge on any atom is -0.495 e. The summed E-state index contributed by atoms with van der Waals surface area (Å²) in [4.78, 5) is 0. The van der Waals surface area contributed by atoms with Crippen molar-refractivity contribution < 1.29 is 4.74 Å². The molecule has 5 nitrogen and oxygen atoms in total. The van der Waals surface area contributed by atoms with Crippen molar-refractivity contribution in [3.8, 4) is 5.75 Å². The Balaban J connectivity index is 2.37. The molecule has 1 heterocycles. The molecule has 2 rings (SSSR count). The zero-order valence-electron chi connectivity index (χ0n) is 12.1. The van der Waals surface area contributed by atoms with Crippen molar-refractivity contribution in [2.45, 2.75) is 26.8 Å². The van der Waals surface area contributed by atoms with Gasteiger partial charge in [0.2, 0.25) is 0 Å². The molecule has 6 heteroatoms. The van der Waals surface area contributed by atoms with Crippen LogP contribution in [0.2, 0.25) is 5.02 Å². The van der Waals surface area contributed by atoms with Crippen LogP contribution in [0.1, 0.15) is 25.6 Å². The third-order valence-electron chi connectivity index (χ3n) is 3.04. The second-order valence-electron chi connectivity index (χ2n) is 4.86. The molecule has 0 spiro atoms. The topological polar surface area (TPSA) is 65.1 Å². The van der Waals surface area contributed by atoms with Gasteiger partial charge in [-0.2, -0.15) is 5.10 Å². The van der Waals surface area contributed by atoms with Crippen LogP contribution in [-0.2, 0) is 0 Å². The van der Waals surface area contributed by atoms with Gasteiger partial charge in [0.25, 0.3) is 0 Å². The highest BCUT2D eigenvalue weighted by Gasteiger charge is 2.15. The van der Waals surface area contributed by atoms with E-state index >= 15 is 0 Å². The molecular weight excluding hydrogens is 276 g/mol. The Morgan fingerprint density at radius 2 is 2.10 bits per heavy atom. The van der Waals surface area contributed by atoms with Crippen LogP contribution < -0.4 is 15.8 Å². The first-order chi connectivity index (χ1) is 9.43. The summed E-state index contributed by atoms with van der Waals surface area (Å²) < 4.78 is 7.00. The summed E-state index contributed by atoms with van der Waals surface area (Å²) in [7, 11) is 1.59. The number of aryl methyl sites for hydroxylation is 1. The van der Waals surface area contributed by atoms with E-state index in [-0.39, 0.29) is 6.04 Å². The Kier molecular flexibility index (Phi) is 4.09. The molecule has 0 amide bonds. The summed E-state index contributed by atoms with van der Waals surface area (Å²) in [6.45, 7) is 6.00. The molecule has 0 aliphatic heterocycles. The molecule has 0 saturated carbocycles. The van der Waals surface area contributed by atoms with Crippen molar-refractivity contribution in [2.75, 3.05) is 18.2 Å². The summed E-state index contributed by atoms with van der Waals surface area (Å²) in [6.07, 6.45) is 0. The normalized spacial score (nSPS) is 10.9. The first-order valence-electron chi connectivity index (χ1n) is 6.39. The maximum atomic E-state index is 6.12. The molecule has 2 aromatic rings. The van der Waals surface area contributed by atoms with Gasteiger partial charge in [-0.15, -0.1) is 0 Å². The van der Waals surface area contributed by atoms with Crippen LogP contribution in [0.5, 0.6) is 5.75 Å². The molecule has 0 unspecified atom stereocenters. The second kappa shape index (κ2) is 5.63. The van der Waals surface area contributed by atoms with Gasteiger partial charge in [0.15, 0.2) is 5.82 Å². The smallest absolute Gasteiger partial charge is 0.152 e. The fourth-order valence-corrected chi connectivity index (χ4v) is 2.20. The average molecular weight is 295 g/mol. The number of nitrogens with one attached hydrogen (secondary N) is 1. The highest BCUT2D eigenvalue weighted by molar-refractivity contribution is 6.32. The van der Waals surface area contributed by atoms with Crippen molar-refractivity contribution in [1.82, 2.24) is 9.78 Å². The summed E-state index contributed by atoms with van der Waals surface area (Å²) >= 11 is 6.12. The Bertz CT molecular complexity index is 622. The number of hydrogen-bond acceptors (Lipinski definition) is 4. The van der Waals surface area contributed by atoms with Crippen molar-refractivity contribution in [2.24, 2.45) is 0 Å². The van der Waals surface area contributed by atoms with Crippen LogP contribution in [0.25, 0.3) is 0 Å². The molecule has 0 saturated heterocycles. The van der Waals surface area contributed by atoms with Gasteiger partial charge in [-0.1, -0.05) is 11.6 Å². The summed E-state index contributed by atoms with van der Waals surface area (Å²) in [6, 6.07) is 5.70. The van der Waals surface area contributed by atoms with Gasteiger partial charge in [-0.3, -0.25) is 0 Å². The highest BCUT2D eigenvalue weighted by atomic mass is 35.5. The number of hydrogen-bond donors (Lipinski definition) is 2.